The summed E-state index contributed by atoms with van der Waals surface area (Å²) < 4.78 is 5.42. The fourth-order valence-electron chi connectivity index (χ4n) is 6.79. The van der Waals surface area contributed by atoms with Crippen molar-refractivity contribution in [3.8, 4) is 5.75 Å². The molecule has 3 saturated carbocycles. The van der Waals surface area contributed by atoms with Crippen molar-refractivity contribution in [2.75, 3.05) is 7.11 Å². The molecule has 0 saturated heterocycles. The average Bonchev–Trinajstić information content (AvgIpc) is 3.06. The summed E-state index contributed by atoms with van der Waals surface area (Å²) in [6.07, 6.45) is 8.13. The molecule has 0 aliphatic heterocycles. The predicted octanol–water partition coefficient (Wildman–Crippen LogP) is 1.26. The van der Waals surface area contributed by atoms with Crippen LogP contribution in [0.1, 0.15) is 62.5 Å². The summed E-state index contributed by atoms with van der Waals surface area (Å²) in [5.74, 6) is 4.82. The van der Waals surface area contributed by atoms with Gasteiger partial charge in [-0.05, 0) is 68.7 Å². The maximum atomic E-state index is 11.2. The number of aliphatic hydroxyl groups is 1. The molecule has 0 aromatic heterocycles. The van der Waals surface area contributed by atoms with Gasteiger partial charge in [0, 0.05) is 12.3 Å². The minimum Gasteiger partial charge on any atom is -1.00 e. The van der Waals surface area contributed by atoms with Gasteiger partial charge in [0.1, 0.15) is 34.5 Å². The highest BCUT2D eigenvalue weighted by Crippen LogP contribution is 2.72. The Morgan fingerprint density at radius 3 is 2.83 bits per heavy atom. The summed E-state index contributed by atoms with van der Waals surface area (Å²) in [5, 5.41) is 11.2. The molecule has 3 fully saturated rings. The van der Waals surface area contributed by atoms with E-state index in [1.165, 1.54) is 37.7 Å². The van der Waals surface area contributed by atoms with Crippen LogP contribution in [-0.4, -0.2) is 17.8 Å². The smallest absolute Gasteiger partial charge is 0.137 e. The standard InChI is InChI=1S/C21H27O2.BrH/c1-20-9-8-17-16-6-4-15(23-2)11-13(16)3-5-18(17)19(20)14-7-10-21(20,22)12-14;/h4,6,11,14,17-18,22H,3,5,7-10,12H2,1-2H3;1H/q+1;/p-1/t14-,17-,18-,20+,21-;/m1./s1. The highest BCUT2D eigenvalue weighted by Gasteiger charge is 2.76. The number of halogens is 1. The summed E-state index contributed by atoms with van der Waals surface area (Å²) >= 11 is 0. The van der Waals surface area contributed by atoms with Gasteiger partial charge in [0.2, 0.25) is 0 Å². The third-order valence-corrected chi connectivity index (χ3v) is 7.91. The fourth-order valence-corrected chi connectivity index (χ4v) is 6.79. The number of aryl methyl sites for hydroxylation is 1. The van der Waals surface area contributed by atoms with Gasteiger partial charge in [-0.15, -0.1) is 0 Å². The van der Waals surface area contributed by atoms with Gasteiger partial charge < -0.3 is 26.8 Å². The van der Waals surface area contributed by atoms with Crippen LogP contribution < -0.4 is 21.7 Å². The van der Waals surface area contributed by atoms with Crippen molar-refractivity contribution < 1.29 is 26.8 Å². The molecular weight excluding hydrogens is 364 g/mol. The predicted molar refractivity (Wildman–Crippen MR) is 90.4 cm³/mol. The zero-order valence-corrected chi connectivity index (χ0v) is 16.2. The molecule has 0 heterocycles. The van der Waals surface area contributed by atoms with E-state index >= 15 is 0 Å². The quantitative estimate of drug-likeness (QED) is 0.731. The van der Waals surface area contributed by atoms with Gasteiger partial charge >= 0.3 is 0 Å². The Hall–Kier alpha value is -0.670. The van der Waals surface area contributed by atoms with Crippen molar-refractivity contribution in [2.24, 2.45) is 17.3 Å². The first-order valence-electron chi connectivity index (χ1n) is 9.32. The Morgan fingerprint density at radius 1 is 1.21 bits per heavy atom. The van der Waals surface area contributed by atoms with E-state index in [1.807, 2.05) is 0 Å². The van der Waals surface area contributed by atoms with Gasteiger partial charge in [0.25, 0.3) is 0 Å². The monoisotopic (exact) mass is 390 g/mol. The number of hydrogen-bond donors (Lipinski definition) is 1. The van der Waals surface area contributed by atoms with E-state index in [-0.39, 0.29) is 22.4 Å². The molecule has 1 aromatic carbocycles. The average molecular weight is 391 g/mol. The molecule has 130 valence electrons. The van der Waals surface area contributed by atoms with E-state index in [1.54, 1.807) is 18.6 Å². The summed E-state index contributed by atoms with van der Waals surface area (Å²) in [4.78, 5) is 0. The van der Waals surface area contributed by atoms with E-state index in [9.17, 15) is 5.11 Å². The second-order valence-corrected chi connectivity index (χ2v) is 8.61. The maximum Gasteiger partial charge on any atom is 0.137 e. The van der Waals surface area contributed by atoms with Crippen LogP contribution in [0.3, 0.4) is 0 Å². The van der Waals surface area contributed by atoms with Gasteiger partial charge in [-0.1, -0.05) is 6.07 Å². The Bertz CT molecular complexity index is 659. The second kappa shape index (κ2) is 5.41. The molecule has 4 aliphatic rings. The Labute approximate surface area is 155 Å². The van der Waals surface area contributed by atoms with Crippen molar-refractivity contribution in [3.63, 3.8) is 0 Å². The molecule has 1 aromatic rings. The summed E-state index contributed by atoms with van der Waals surface area (Å²) in [5.41, 5.74) is 2.77. The third kappa shape index (κ3) is 1.94. The molecule has 24 heavy (non-hydrogen) atoms. The summed E-state index contributed by atoms with van der Waals surface area (Å²) in [6, 6.07) is 6.70. The molecule has 4 aliphatic carbocycles. The lowest BCUT2D eigenvalue weighted by atomic mass is 9.50. The van der Waals surface area contributed by atoms with Crippen molar-refractivity contribution in [1.82, 2.24) is 0 Å². The highest BCUT2D eigenvalue weighted by molar-refractivity contribution is 5.44. The summed E-state index contributed by atoms with van der Waals surface area (Å²) in [6.45, 7) is 2.38. The largest absolute Gasteiger partial charge is 1.00 e. The molecule has 1 N–H and O–H groups in total. The maximum absolute atomic E-state index is 11.2. The van der Waals surface area contributed by atoms with E-state index in [0.717, 1.165) is 18.6 Å². The molecule has 0 unspecified atom stereocenters. The van der Waals surface area contributed by atoms with Crippen molar-refractivity contribution in [2.45, 2.75) is 63.4 Å². The van der Waals surface area contributed by atoms with Crippen molar-refractivity contribution in [1.29, 1.82) is 0 Å². The zero-order chi connectivity index (χ0) is 15.8. The van der Waals surface area contributed by atoms with Crippen LogP contribution in [0.4, 0.5) is 0 Å². The Morgan fingerprint density at radius 2 is 2.04 bits per heavy atom. The van der Waals surface area contributed by atoms with Crippen LogP contribution in [0.5, 0.6) is 5.75 Å². The molecule has 2 bridgehead atoms. The van der Waals surface area contributed by atoms with Gasteiger partial charge in [0.15, 0.2) is 0 Å². The topological polar surface area (TPSA) is 29.5 Å². The van der Waals surface area contributed by atoms with Crippen molar-refractivity contribution >= 4 is 0 Å². The first kappa shape index (κ1) is 16.8. The van der Waals surface area contributed by atoms with Crippen LogP contribution >= 0.6 is 0 Å². The van der Waals surface area contributed by atoms with Crippen LogP contribution in [-0.2, 0) is 6.42 Å². The SMILES string of the molecule is COc1ccc2c(c1)CC[C@H]1[C+]3[C@@H]4CC[C@@](O)(C4)[C@@]3(C)CC[C@H]21.[Br-]. The van der Waals surface area contributed by atoms with Crippen LogP contribution in [0, 0.1) is 23.2 Å². The molecule has 3 heteroatoms. The lowest BCUT2D eigenvalue weighted by Gasteiger charge is -2.48. The van der Waals surface area contributed by atoms with Crippen LogP contribution in [0.15, 0.2) is 18.2 Å². The highest BCUT2D eigenvalue weighted by atomic mass is 79.9. The third-order valence-electron chi connectivity index (χ3n) is 7.91. The lowest BCUT2D eigenvalue weighted by Crippen LogP contribution is -3.00. The summed E-state index contributed by atoms with van der Waals surface area (Å²) in [7, 11) is 1.76. The van der Waals surface area contributed by atoms with Gasteiger partial charge in [-0.25, -0.2) is 0 Å². The molecule has 5 atom stereocenters. The molecule has 0 spiro atoms. The number of benzene rings is 1. The lowest BCUT2D eigenvalue weighted by molar-refractivity contribution is -0.0708. The molecular formula is C21H27BrO2. The number of ether oxygens (including phenoxy) is 1. The van der Waals surface area contributed by atoms with E-state index in [4.69, 9.17) is 4.74 Å². The Kier molecular flexibility index (Phi) is 3.78. The van der Waals surface area contributed by atoms with Gasteiger partial charge in [-0.2, -0.15) is 0 Å². The molecule has 2 nitrogen and oxygen atoms in total. The zero-order valence-electron chi connectivity index (χ0n) is 14.6. The van der Waals surface area contributed by atoms with E-state index in [0.29, 0.717) is 17.8 Å². The number of methoxy groups -OCH3 is 1. The number of fused-ring (bicyclic) bond motifs is 9. The fraction of sp³-hybridized carbons (Fsp3) is 0.667. The minimum absolute atomic E-state index is 0. The normalized spacial score (nSPS) is 42.0. The van der Waals surface area contributed by atoms with Crippen LogP contribution in [0.2, 0.25) is 0 Å². The molecule has 0 amide bonds. The van der Waals surface area contributed by atoms with Gasteiger partial charge in [-0.3, -0.25) is 0 Å². The number of rotatable bonds is 1. The second-order valence-electron chi connectivity index (χ2n) is 8.61. The first-order chi connectivity index (χ1) is 11.1. The Balaban J connectivity index is 0.00000146. The van der Waals surface area contributed by atoms with Crippen molar-refractivity contribution in [3.05, 3.63) is 35.2 Å². The first-order valence-corrected chi connectivity index (χ1v) is 9.32. The minimum atomic E-state index is -0.391. The molecule has 5 rings (SSSR count). The van der Waals surface area contributed by atoms with Crippen LogP contribution in [0.25, 0.3) is 0 Å². The van der Waals surface area contributed by atoms with E-state index in [2.05, 4.69) is 25.1 Å². The van der Waals surface area contributed by atoms with E-state index < -0.39 is 5.60 Å². The molecule has 0 radical (unpaired) electrons. The number of hydrogen-bond acceptors (Lipinski definition) is 2. The van der Waals surface area contributed by atoms with Gasteiger partial charge in [0.05, 0.1) is 7.11 Å².